The van der Waals surface area contributed by atoms with Gasteiger partial charge in [-0.1, -0.05) is 20.8 Å². The highest BCUT2D eigenvalue weighted by molar-refractivity contribution is 4.92. The minimum absolute atomic E-state index is 0.489. The molecule has 0 saturated heterocycles. The highest BCUT2D eigenvalue weighted by atomic mass is 16.5. The van der Waals surface area contributed by atoms with Gasteiger partial charge in [-0.25, -0.2) is 0 Å². The third-order valence-corrected chi connectivity index (χ3v) is 5.67. The van der Waals surface area contributed by atoms with Gasteiger partial charge >= 0.3 is 0 Å². The fourth-order valence-corrected chi connectivity index (χ4v) is 3.85. The summed E-state index contributed by atoms with van der Waals surface area (Å²) in [6.45, 7) is 9.42. The van der Waals surface area contributed by atoms with Gasteiger partial charge in [0.2, 0.25) is 0 Å². The Morgan fingerprint density at radius 3 is 2.25 bits per heavy atom. The van der Waals surface area contributed by atoms with Gasteiger partial charge in [-0.15, -0.1) is 0 Å². The zero-order chi connectivity index (χ0) is 14.6. The second-order valence-electron chi connectivity index (χ2n) is 8.39. The third kappa shape index (κ3) is 4.73. The summed E-state index contributed by atoms with van der Waals surface area (Å²) in [5.41, 5.74) is 1.05. The molecule has 0 amide bonds. The predicted octanol–water partition coefficient (Wildman–Crippen LogP) is 4.39. The zero-order valence-corrected chi connectivity index (χ0v) is 14.1. The van der Waals surface area contributed by atoms with Crippen LogP contribution in [0.4, 0.5) is 0 Å². The van der Waals surface area contributed by atoms with Crippen molar-refractivity contribution in [2.75, 3.05) is 20.3 Å². The number of ether oxygens (including phenoxy) is 1. The first-order chi connectivity index (χ1) is 9.45. The molecule has 0 aromatic carbocycles. The number of nitrogens with one attached hydrogen (secondary N) is 1. The molecule has 2 saturated carbocycles. The SMILES string of the molecule is COCCCC1(CNC2CC2)CCC(C(C)(C)C)CC1. The van der Waals surface area contributed by atoms with Crippen LogP contribution in [-0.2, 0) is 4.74 Å². The third-order valence-electron chi connectivity index (χ3n) is 5.67. The maximum absolute atomic E-state index is 5.27. The van der Waals surface area contributed by atoms with Crippen LogP contribution in [0.2, 0.25) is 0 Å². The second-order valence-corrected chi connectivity index (χ2v) is 8.39. The van der Waals surface area contributed by atoms with E-state index in [1.54, 1.807) is 0 Å². The van der Waals surface area contributed by atoms with Crippen LogP contribution in [-0.4, -0.2) is 26.3 Å². The molecular weight excluding hydrogens is 246 g/mol. The molecule has 2 aliphatic carbocycles. The van der Waals surface area contributed by atoms with E-state index in [9.17, 15) is 0 Å². The molecule has 118 valence electrons. The average molecular weight is 281 g/mol. The summed E-state index contributed by atoms with van der Waals surface area (Å²) in [5, 5.41) is 3.81. The molecule has 2 rings (SSSR count). The Hall–Kier alpha value is -0.0800. The van der Waals surface area contributed by atoms with E-state index in [2.05, 4.69) is 26.1 Å². The summed E-state index contributed by atoms with van der Waals surface area (Å²) in [6, 6.07) is 0.842. The van der Waals surface area contributed by atoms with Crippen LogP contribution >= 0.6 is 0 Å². The monoisotopic (exact) mass is 281 g/mol. The lowest BCUT2D eigenvalue weighted by Crippen LogP contribution is -2.40. The first-order valence-corrected chi connectivity index (χ1v) is 8.68. The molecular formula is C18H35NO. The van der Waals surface area contributed by atoms with Crippen LogP contribution in [0.15, 0.2) is 0 Å². The summed E-state index contributed by atoms with van der Waals surface area (Å²) in [5.74, 6) is 0.916. The average Bonchev–Trinajstić information content (AvgIpc) is 3.20. The quantitative estimate of drug-likeness (QED) is 0.699. The van der Waals surface area contributed by atoms with Crippen molar-refractivity contribution in [1.82, 2.24) is 5.32 Å². The molecule has 0 aliphatic heterocycles. The molecule has 1 N–H and O–H groups in total. The molecule has 2 fully saturated rings. The van der Waals surface area contributed by atoms with Gasteiger partial charge in [0.25, 0.3) is 0 Å². The van der Waals surface area contributed by atoms with E-state index in [4.69, 9.17) is 4.74 Å². The van der Waals surface area contributed by atoms with Gasteiger partial charge in [0.15, 0.2) is 0 Å². The van der Waals surface area contributed by atoms with Gasteiger partial charge in [-0.3, -0.25) is 0 Å². The fraction of sp³-hybridized carbons (Fsp3) is 1.00. The van der Waals surface area contributed by atoms with Crippen molar-refractivity contribution in [2.45, 2.75) is 78.2 Å². The molecule has 0 radical (unpaired) electrons. The Balaban J connectivity index is 1.86. The van der Waals surface area contributed by atoms with Crippen LogP contribution in [0, 0.1) is 16.7 Å². The van der Waals surface area contributed by atoms with Crippen molar-refractivity contribution in [3.63, 3.8) is 0 Å². The highest BCUT2D eigenvalue weighted by Crippen LogP contribution is 2.47. The molecule has 0 bridgehead atoms. The van der Waals surface area contributed by atoms with Gasteiger partial charge in [0, 0.05) is 26.3 Å². The summed E-state index contributed by atoms with van der Waals surface area (Å²) in [6.07, 6.45) is 11.0. The number of rotatable bonds is 7. The zero-order valence-electron chi connectivity index (χ0n) is 14.1. The van der Waals surface area contributed by atoms with E-state index in [-0.39, 0.29) is 0 Å². The Bertz CT molecular complexity index is 282. The molecule has 2 heteroatoms. The number of hydrogen-bond acceptors (Lipinski definition) is 2. The molecule has 0 unspecified atom stereocenters. The van der Waals surface area contributed by atoms with Gasteiger partial charge in [0.1, 0.15) is 0 Å². The number of hydrogen-bond donors (Lipinski definition) is 1. The summed E-state index contributed by atoms with van der Waals surface area (Å²) < 4.78 is 5.27. The van der Waals surface area contributed by atoms with Gasteiger partial charge in [0.05, 0.1) is 0 Å². The topological polar surface area (TPSA) is 21.3 Å². The smallest absolute Gasteiger partial charge is 0.0462 e. The highest BCUT2D eigenvalue weighted by Gasteiger charge is 2.39. The van der Waals surface area contributed by atoms with Crippen molar-refractivity contribution in [2.24, 2.45) is 16.7 Å². The van der Waals surface area contributed by atoms with Crippen molar-refractivity contribution >= 4 is 0 Å². The standard InChI is InChI=1S/C18H35NO/c1-17(2,3)15-8-11-18(12-9-15,10-5-13-20-4)14-19-16-6-7-16/h15-16,19H,5-14H2,1-4H3. The molecule has 0 aromatic heterocycles. The maximum Gasteiger partial charge on any atom is 0.0462 e. The molecule has 0 aromatic rings. The summed E-state index contributed by atoms with van der Waals surface area (Å²) in [7, 11) is 1.83. The minimum atomic E-state index is 0.489. The van der Waals surface area contributed by atoms with E-state index >= 15 is 0 Å². The molecule has 2 nitrogen and oxygen atoms in total. The predicted molar refractivity (Wildman–Crippen MR) is 86.0 cm³/mol. The fourth-order valence-electron chi connectivity index (χ4n) is 3.85. The Labute approximate surface area is 126 Å². The van der Waals surface area contributed by atoms with Crippen LogP contribution < -0.4 is 5.32 Å². The Kier molecular flexibility index (Phi) is 5.53. The van der Waals surface area contributed by atoms with Crippen LogP contribution in [0.5, 0.6) is 0 Å². The first kappa shape index (κ1) is 16.3. The van der Waals surface area contributed by atoms with Crippen molar-refractivity contribution in [3.8, 4) is 0 Å². The van der Waals surface area contributed by atoms with Crippen LogP contribution in [0.1, 0.15) is 72.1 Å². The molecule has 0 heterocycles. The lowest BCUT2D eigenvalue weighted by Gasteiger charge is -2.44. The molecule has 2 aliphatic rings. The van der Waals surface area contributed by atoms with Crippen molar-refractivity contribution < 1.29 is 4.74 Å². The lowest BCUT2D eigenvalue weighted by molar-refractivity contribution is 0.0699. The summed E-state index contributed by atoms with van der Waals surface area (Å²) >= 11 is 0. The molecule has 0 atom stereocenters. The maximum atomic E-state index is 5.27. The van der Waals surface area contributed by atoms with E-state index in [0.717, 1.165) is 18.6 Å². The van der Waals surface area contributed by atoms with Crippen LogP contribution in [0.25, 0.3) is 0 Å². The van der Waals surface area contributed by atoms with E-state index in [1.807, 2.05) is 7.11 Å². The van der Waals surface area contributed by atoms with Crippen LogP contribution in [0.3, 0.4) is 0 Å². The molecule has 20 heavy (non-hydrogen) atoms. The minimum Gasteiger partial charge on any atom is -0.385 e. The van der Waals surface area contributed by atoms with E-state index in [0.29, 0.717) is 10.8 Å². The van der Waals surface area contributed by atoms with Gasteiger partial charge < -0.3 is 10.1 Å². The Morgan fingerprint density at radius 1 is 1.10 bits per heavy atom. The van der Waals surface area contributed by atoms with E-state index < -0.39 is 0 Å². The Morgan fingerprint density at radius 2 is 1.75 bits per heavy atom. The lowest BCUT2D eigenvalue weighted by atomic mass is 9.62. The van der Waals surface area contributed by atoms with Crippen molar-refractivity contribution in [1.29, 1.82) is 0 Å². The number of methoxy groups -OCH3 is 1. The second kappa shape index (κ2) is 6.79. The first-order valence-electron chi connectivity index (χ1n) is 8.68. The van der Waals surface area contributed by atoms with E-state index in [1.165, 1.54) is 57.9 Å². The largest absolute Gasteiger partial charge is 0.385 e. The van der Waals surface area contributed by atoms with Crippen molar-refractivity contribution in [3.05, 3.63) is 0 Å². The summed E-state index contributed by atoms with van der Waals surface area (Å²) in [4.78, 5) is 0. The molecule has 0 spiro atoms. The van der Waals surface area contributed by atoms with Gasteiger partial charge in [-0.2, -0.15) is 0 Å². The normalized spacial score (nSPS) is 31.5. The van der Waals surface area contributed by atoms with Gasteiger partial charge in [-0.05, 0) is 68.1 Å².